The van der Waals surface area contributed by atoms with E-state index < -0.39 is 16.1 Å². The van der Waals surface area contributed by atoms with Gasteiger partial charge < -0.3 is 19.9 Å². The lowest BCUT2D eigenvalue weighted by molar-refractivity contribution is 0.0894. The maximum Gasteiger partial charge on any atom is 0.229 e. The molecule has 0 bridgehead atoms. The molecule has 31 heavy (non-hydrogen) atoms. The number of ketones is 1. The first-order valence-electron chi connectivity index (χ1n) is 9.97. The lowest BCUT2D eigenvalue weighted by Crippen LogP contribution is -2.34. The second kappa shape index (κ2) is 9.67. The van der Waals surface area contributed by atoms with Crippen LogP contribution in [0.4, 0.5) is 5.69 Å². The minimum absolute atomic E-state index is 0.0559. The number of hydrogen-bond acceptors (Lipinski definition) is 7. The topological polar surface area (TPSA) is 114 Å². The SMILES string of the molecule is COc1cc2c(cc1OC)C(=O)C(CNCC(O)c1ccc(NS(C)(=O)=O)cc1)CC2. The number of fused-ring (bicyclic) bond motifs is 1. The molecule has 9 heteroatoms. The summed E-state index contributed by atoms with van der Waals surface area (Å²) < 4.78 is 35.6. The monoisotopic (exact) mass is 448 g/mol. The van der Waals surface area contributed by atoms with Crippen LogP contribution >= 0.6 is 0 Å². The van der Waals surface area contributed by atoms with Crippen LogP contribution in [0.5, 0.6) is 11.5 Å². The number of sulfonamides is 1. The molecule has 0 aromatic heterocycles. The van der Waals surface area contributed by atoms with Crippen molar-refractivity contribution in [3.63, 3.8) is 0 Å². The molecule has 0 amide bonds. The summed E-state index contributed by atoms with van der Waals surface area (Å²) in [6, 6.07) is 10.1. The third-order valence-corrected chi connectivity index (χ3v) is 5.94. The summed E-state index contributed by atoms with van der Waals surface area (Å²) in [7, 11) is -0.228. The molecule has 8 nitrogen and oxygen atoms in total. The van der Waals surface area contributed by atoms with E-state index in [9.17, 15) is 18.3 Å². The van der Waals surface area contributed by atoms with Crippen LogP contribution in [0, 0.1) is 5.92 Å². The van der Waals surface area contributed by atoms with Gasteiger partial charge in [-0.05, 0) is 48.2 Å². The third kappa shape index (κ3) is 5.75. The summed E-state index contributed by atoms with van der Waals surface area (Å²) >= 11 is 0. The van der Waals surface area contributed by atoms with Crippen LogP contribution in [0.25, 0.3) is 0 Å². The van der Waals surface area contributed by atoms with E-state index in [0.29, 0.717) is 34.9 Å². The number of methoxy groups -OCH3 is 2. The van der Waals surface area contributed by atoms with Gasteiger partial charge in [-0.2, -0.15) is 0 Å². The van der Waals surface area contributed by atoms with Gasteiger partial charge in [0, 0.05) is 30.3 Å². The van der Waals surface area contributed by atoms with Gasteiger partial charge in [-0.15, -0.1) is 0 Å². The molecule has 0 fully saturated rings. The molecular weight excluding hydrogens is 420 g/mol. The highest BCUT2D eigenvalue weighted by atomic mass is 32.2. The van der Waals surface area contributed by atoms with Crippen molar-refractivity contribution >= 4 is 21.5 Å². The van der Waals surface area contributed by atoms with Crippen LogP contribution in [0.3, 0.4) is 0 Å². The van der Waals surface area contributed by atoms with Gasteiger partial charge in [0.25, 0.3) is 0 Å². The second-order valence-corrected chi connectivity index (χ2v) is 9.38. The van der Waals surface area contributed by atoms with Crippen molar-refractivity contribution in [2.75, 3.05) is 38.3 Å². The molecule has 0 saturated carbocycles. The van der Waals surface area contributed by atoms with Crippen molar-refractivity contribution in [2.24, 2.45) is 5.92 Å². The molecular formula is C22H28N2O6S. The second-order valence-electron chi connectivity index (χ2n) is 7.63. The molecule has 0 aliphatic heterocycles. The molecule has 2 atom stereocenters. The number of benzene rings is 2. The van der Waals surface area contributed by atoms with E-state index in [4.69, 9.17) is 9.47 Å². The predicted molar refractivity (Wildman–Crippen MR) is 118 cm³/mol. The van der Waals surface area contributed by atoms with Crippen molar-refractivity contribution in [1.29, 1.82) is 0 Å². The summed E-state index contributed by atoms with van der Waals surface area (Å²) in [6.45, 7) is 0.735. The number of rotatable bonds is 9. The zero-order valence-electron chi connectivity index (χ0n) is 17.8. The van der Waals surface area contributed by atoms with E-state index in [-0.39, 0.29) is 18.2 Å². The molecule has 2 unspecified atom stereocenters. The number of hydrogen-bond donors (Lipinski definition) is 3. The van der Waals surface area contributed by atoms with Crippen LogP contribution in [0.15, 0.2) is 36.4 Å². The highest BCUT2D eigenvalue weighted by molar-refractivity contribution is 7.92. The van der Waals surface area contributed by atoms with Crippen LogP contribution in [0.1, 0.15) is 34.0 Å². The van der Waals surface area contributed by atoms with E-state index in [1.807, 2.05) is 6.07 Å². The van der Waals surface area contributed by atoms with E-state index in [0.717, 1.165) is 24.7 Å². The summed E-state index contributed by atoms with van der Waals surface area (Å²) in [4.78, 5) is 12.9. The Labute approximate surface area is 182 Å². The van der Waals surface area contributed by atoms with Crippen molar-refractivity contribution in [2.45, 2.75) is 18.9 Å². The number of nitrogens with one attached hydrogen (secondary N) is 2. The molecule has 1 aliphatic carbocycles. The number of carbonyl (C=O) groups is 1. The molecule has 3 N–H and O–H groups in total. The third-order valence-electron chi connectivity index (χ3n) is 5.33. The summed E-state index contributed by atoms with van der Waals surface area (Å²) in [5, 5.41) is 13.6. The maximum atomic E-state index is 12.9. The number of carbonyl (C=O) groups excluding carboxylic acids is 1. The highest BCUT2D eigenvalue weighted by Crippen LogP contribution is 2.35. The molecule has 1 aliphatic rings. The average Bonchev–Trinajstić information content (AvgIpc) is 2.73. The number of anilines is 1. The summed E-state index contributed by atoms with van der Waals surface area (Å²) in [5.74, 6) is 1.03. The van der Waals surface area contributed by atoms with Gasteiger partial charge in [-0.25, -0.2) is 8.42 Å². The fraction of sp³-hybridized carbons (Fsp3) is 0.409. The van der Waals surface area contributed by atoms with Crippen molar-refractivity contribution in [3.8, 4) is 11.5 Å². The molecule has 0 saturated heterocycles. The Balaban J connectivity index is 1.57. The molecule has 3 rings (SSSR count). The van der Waals surface area contributed by atoms with Crippen molar-refractivity contribution < 1.29 is 27.8 Å². The number of aryl methyl sites for hydroxylation is 1. The first-order chi connectivity index (χ1) is 14.7. The Bertz CT molecular complexity index is 1040. The lowest BCUT2D eigenvalue weighted by Gasteiger charge is -2.25. The number of aliphatic hydroxyl groups excluding tert-OH is 1. The Morgan fingerprint density at radius 3 is 2.39 bits per heavy atom. The van der Waals surface area contributed by atoms with Gasteiger partial charge in [-0.1, -0.05) is 12.1 Å². The van der Waals surface area contributed by atoms with Crippen LogP contribution < -0.4 is 19.5 Å². The smallest absolute Gasteiger partial charge is 0.229 e. The Morgan fingerprint density at radius 2 is 1.77 bits per heavy atom. The normalized spacial score (nSPS) is 17.0. The van der Waals surface area contributed by atoms with Gasteiger partial charge in [0.15, 0.2) is 17.3 Å². The minimum Gasteiger partial charge on any atom is -0.493 e. The van der Waals surface area contributed by atoms with Gasteiger partial charge in [0.1, 0.15) is 0 Å². The molecule has 2 aromatic carbocycles. The number of Topliss-reactive ketones (excluding diaryl/α,β-unsaturated/α-hetero) is 1. The fourth-order valence-corrected chi connectivity index (χ4v) is 4.30. The van der Waals surface area contributed by atoms with Gasteiger partial charge in [-0.3, -0.25) is 9.52 Å². The Morgan fingerprint density at radius 1 is 1.13 bits per heavy atom. The average molecular weight is 449 g/mol. The molecule has 168 valence electrons. The largest absolute Gasteiger partial charge is 0.493 e. The Kier molecular flexibility index (Phi) is 7.19. The fourth-order valence-electron chi connectivity index (χ4n) is 3.73. The first kappa shape index (κ1) is 23.1. The first-order valence-corrected chi connectivity index (χ1v) is 11.9. The molecule has 0 radical (unpaired) electrons. The van der Waals surface area contributed by atoms with Gasteiger partial charge in [0.2, 0.25) is 10.0 Å². The van der Waals surface area contributed by atoms with Crippen LogP contribution in [0.2, 0.25) is 0 Å². The molecule has 0 heterocycles. The zero-order valence-corrected chi connectivity index (χ0v) is 18.7. The van der Waals surface area contributed by atoms with E-state index >= 15 is 0 Å². The van der Waals surface area contributed by atoms with Crippen molar-refractivity contribution in [3.05, 3.63) is 53.1 Å². The Hall–Kier alpha value is -2.62. The number of aliphatic hydroxyl groups is 1. The van der Waals surface area contributed by atoms with Gasteiger partial charge >= 0.3 is 0 Å². The highest BCUT2D eigenvalue weighted by Gasteiger charge is 2.29. The quantitative estimate of drug-likeness (QED) is 0.539. The zero-order chi connectivity index (χ0) is 22.6. The minimum atomic E-state index is -3.34. The summed E-state index contributed by atoms with van der Waals surface area (Å²) in [5.41, 5.74) is 2.71. The number of ether oxygens (including phenoxy) is 2. The van der Waals surface area contributed by atoms with E-state index in [2.05, 4.69) is 10.0 Å². The molecule has 0 spiro atoms. The molecule has 2 aromatic rings. The standard InChI is InChI=1S/C22H28N2O6S/c1-29-20-10-15-4-5-16(22(26)18(15)11-21(20)30-2)12-23-13-19(25)14-6-8-17(9-7-14)24-31(3,27)28/h6-11,16,19,23-25H,4-5,12-13H2,1-3H3. The van der Waals surface area contributed by atoms with Crippen molar-refractivity contribution in [1.82, 2.24) is 5.32 Å². The lowest BCUT2D eigenvalue weighted by atomic mass is 9.82. The van der Waals surface area contributed by atoms with E-state index in [1.165, 1.54) is 0 Å². The maximum absolute atomic E-state index is 12.9. The van der Waals surface area contributed by atoms with Crippen LogP contribution in [-0.2, 0) is 16.4 Å². The van der Waals surface area contributed by atoms with Crippen LogP contribution in [-0.4, -0.2) is 52.9 Å². The predicted octanol–water partition coefficient (Wildman–Crippen LogP) is 2.14. The summed E-state index contributed by atoms with van der Waals surface area (Å²) in [6.07, 6.45) is 1.79. The van der Waals surface area contributed by atoms with E-state index in [1.54, 1.807) is 44.6 Å². The van der Waals surface area contributed by atoms with Gasteiger partial charge in [0.05, 0.1) is 26.6 Å².